The van der Waals surface area contributed by atoms with E-state index in [1.54, 1.807) is 31.2 Å². The standard InChI is InChI=1S/C24H25N3O3/c1-15(22(25)28)7-5-8-17-9-6-10-18(13-17)24(30)27-23(29)16(2)20-14-26-21-12-4-3-11-19(20)21/h3-4,6,9-16,23,26,29H,7H2,1-2H3,(H2,25,28)(H,27,30). The van der Waals surface area contributed by atoms with Crippen LogP contribution in [0.4, 0.5) is 0 Å². The molecule has 0 spiro atoms. The quantitative estimate of drug-likeness (QED) is 0.375. The molecule has 6 nitrogen and oxygen atoms in total. The van der Waals surface area contributed by atoms with Gasteiger partial charge in [0.25, 0.3) is 5.91 Å². The third-order valence-electron chi connectivity index (χ3n) is 5.12. The van der Waals surface area contributed by atoms with Gasteiger partial charge in [-0.1, -0.05) is 50.0 Å². The Morgan fingerprint density at radius 2 is 1.93 bits per heavy atom. The summed E-state index contributed by atoms with van der Waals surface area (Å²) in [6.07, 6.45) is 1.16. The van der Waals surface area contributed by atoms with Crippen molar-refractivity contribution in [1.82, 2.24) is 10.3 Å². The van der Waals surface area contributed by atoms with Gasteiger partial charge in [-0.2, -0.15) is 0 Å². The molecule has 154 valence electrons. The number of aliphatic hydroxyl groups excluding tert-OH is 1. The van der Waals surface area contributed by atoms with Crippen LogP contribution < -0.4 is 11.1 Å². The molecule has 0 aliphatic carbocycles. The van der Waals surface area contributed by atoms with Gasteiger partial charge in [-0.05, 0) is 29.8 Å². The number of aromatic nitrogens is 1. The Bertz CT molecular complexity index is 1120. The molecule has 3 rings (SSSR count). The van der Waals surface area contributed by atoms with E-state index in [2.05, 4.69) is 22.1 Å². The molecule has 0 fully saturated rings. The average molecular weight is 403 g/mol. The minimum Gasteiger partial charge on any atom is -0.373 e. The Kier molecular flexibility index (Phi) is 6.55. The van der Waals surface area contributed by atoms with Crippen LogP contribution in [0.1, 0.15) is 47.7 Å². The van der Waals surface area contributed by atoms with Gasteiger partial charge in [-0.15, -0.1) is 0 Å². The minimum atomic E-state index is -1.05. The van der Waals surface area contributed by atoms with E-state index >= 15 is 0 Å². The van der Waals surface area contributed by atoms with Gasteiger partial charge in [0.1, 0.15) is 6.23 Å². The first-order chi connectivity index (χ1) is 14.4. The van der Waals surface area contributed by atoms with E-state index in [4.69, 9.17) is 5.73 Å². The number of para-hydroxylation sites is 1. The van der Waals surface area contributed by atoms with Crippen molar-refractivity contribution in [3.63, 3.8) is 0 Å². The van der Waals surface area contributed by atoms with Crippen LogP contribution in [0.15, 0.2) is 54.7 Å². The first-order valence-corrected chi connectivity index (χ1v) is 9.80. The van der Waals surface area contributed by atoms with Crippen molar-refractivity contribution >= 4 is 22.7 Å². The van der Waals surface area contributed by atoms with E-state index < -0.39 is 12.1 Å². The third kappa shape index (κ3) is 4.88. The summed E-state index contributed by atoms with van der Waals surface area (Å²) in [7, 11) is 0. The number of carbonyl (C=O) groups excluding carboxylic acids is 2. The van der Waals surface area contributed by atoms with E-state index in [-0.39, 0.29) is 17.7 Å². The Hall–Kier alpha value is -3.56. The predicted octanol–water partition coefficient (Wildman–Crippen LogP) is 2.88. The molecule has 3 aromatic rings. The number of hydrogen-bond donors (Lipinski definition) is 4. The maximum Gasteiger partial charge on any atom is 0.253 e. The van der Waals surface area contributed by atoms with Crippen molar-refractivity contribution in [3.05, 3.63) is 71.4 Å². The Labute approximate surface area is 175 Å². The van der Waals surface area contributed by atoms with Crippen molar-refractivity contribution in [2.45, 2.75) is 32.4 Å². The monoisotopic (exact) mass is 403 g/mol. The lowest BCUT2D eigenvalue weighted by Crippen LogP contribution is -2.38. The second-order valence-electron chi connectivity index (χ2n) is 7.39. The molecule has 30 heavy (non-hydrogen) atoms. The van der Waals surface area contributed by atoms with Gasteiger partial charge < -0.3 is 21.1 Å². The number of amides is 2. The number of rotatable bonds is 6. The third-order valence-corrected chi connectivity index (χ3v) is 5.12. The molecule has 0 bridgehead atoms. The van der Waals surface area contributed by atoms with E-state index in [0.717, 1.165) is 16.5 Å². The summed E-state index contributed by atoms with van der Waals surface area (Å²) in [4.78, 5) is 26.9. The maximum absolute atomic E-state index is 12.6. The van der Waals surface area contributed by atoms with Crippen LogP contribution in [0.25, 0.3) is 10.9 Å². The van der Waals surface area contributed by atoms with Crippen LogP contribution in [0.5, 0.6) is 0 Å². The van der Waals surface area contributed by atoms with Crippen molar-refractivity contribution in [2.75, 3.05) is 0 Å². The molecule has 2 aromatic carbocycles. The van der Waals surface area contributed by atoms with Crippen LogP contribution in [-0.4, -0.2) is 28.1 Å². The van der Waals surface area contributed by atoms with Crippen molar-refractivity contribution in [2.24, 2.45) is 11.7 Å². The zero-order chi connectivity index (χ0) is 21.7. The van der Waals surface area contributed by atoms with Gasteiger partial charge in [0.15, 0.2) is 0 Å². The van der Waals surface area contributed by atoms with Crippen LogP contribution in [-0.2, 0) is 4.79 Å². The van der Waals surface area contributed by atoms with E-state index in [1.165, 1.54) is 0 Å². The first kappa shape index (κ1) is 21.2. The Balaban J connectivity index is 1.68. The lowest BCUT2D eigenvalue weighted by molar-refractivity contribution is -0.121. The van der Waals surface area contributed by atoms with Crippen molar-refractivity contribution < 1.29 is 14.7 Å². The Morgan fingerprint density at radius 3 is 2.70 bits per heavy atom. The summed E-state index contributed by atoms with van der Waals surface area (Å²) in [5.74, 6) is 4.44. The van der Waals surface area contributed by atoms with Crippen molar-refractivity contribution in [3.8, 4) is 11.8 Å². The summed E-state index contributed by atoms with van der Waals surface area (Å²) in [6, 6.07) is 14.6. The molecule has 5 N–H and O–H groups in total. The number of carbonyl (C=O) groups is 2. The van der Waals surface area contributed by atoms with Crippen LogP contribution in [0, 0.1) is 17.8 Å². The molecular formula is C24H25N3O3. The highest BCUT2D eigenvalue weighted by Gasteiger charge is 2.21. The fourth-order valence-corrected chi connectivity index (χ4v) is 3.13. The van der Waals surface area contributed by atoms with Crippen molar-refractivity contribution in [1.29, 1.82) is 0 Å². The molecule has 6 heteroatoms. The SMILES string of the molecule is CC(CC#Cc1cccc(C(=O)NC(O)C(C)c2c[nH]c3ccccc23)c1)C(N)=O. The highest BCUT2D eigenvalue weighted by molar-refractivity contribution is 5.94. The highest BCUT2D eigenvalue weighted by Crippen LogP contribution is 2.27. The van der Waals surface area contributed by atoms with Crippen LogP contribution in [0.2, 0.25) is 0 Å². The zero-order valence-corrected chi connectivity index (χ0v) is 17.0. The lowest BCUT2D eigenvalue weighted by atomic mass is 9.98. The van der Waals surface area contributed by atoms with Gasteiger partial charge in [-0.25, -0.2) is 0 Å². The molecular weight excluding hydrogens is 378 g/mol. The second-order valence-corrected chi connectivity index (χ2v) is 7.39. The second kappa shape index (κ2) is 9.29. The largest absolute Gasteiger partial charge is 0.373 e. The van der Waals surface area contributed by atoms with Gasteiger partial charge in [0.05, 0.1) is 0 Å². The molecule has 0 aliphatic heterocycles. The van der Waals surface area contributed by atoms with Gasteiger partial charge in [-0.3, -0.25) is 9.59 Å². The molecule has 0 aliphatic rings. The number of hydrogen-bond acceptors (Lipinski definition) is 3. The molecule has 3 atom stereocenters. The summed E-state index contributed by atoms with van der Waals surface area (Å²) in [5, 5.41) is 14.3. The van der Waals surface area contributed by atoms with Crippen LogP contribution >= 0.6 is 0 Å². The molecule has 3 unspecified atom stereocenters. The normalized spacial score (nSPS) is 13.7. The molecule has 1 aromatic heterocycles. The molecule has 0 saturated heterocycles. The van der Waals surface area contributed by atoms with E-state index in [9.17, 15) is 14.7 Å². The number of H-pyrrole nitrogens is 1. The first-order valence-electron chi connectivity index (χ1n) is 9.80. The summed E-state index contributed by atoms with van der Waals surface area (Å²) in [5.41, 5.74) is 8.19. The number of primary amides is 1. The maximum atomic E-state index is 12.6. The number of aliphatic hydroxyl groups is 1. The Morgan fingerprint density at radius 1 is 1.17 bits per heavy atom. The topological polar surface area (TPSA) is 108 Å². The fraction of sp³-hybridized carbons (Fsp3) is 0.250. The number of nitrogens with one attached hydrogen (secondary N) is 2. The number of nitrogens with two attached hydrogens (primary N) is 1. The number of benzene rings is 2. The summed E-state index contributed by atoms with van der Waals surface area (Å²) in [6.45, 7) is 3.58. The summed E-state index contributed by atoms with van der Waals surface area (Å²) >= 11 is 0. The zero-order valence-electron chi connectivity index (χ0n) is 17.0. The predicted molar refractivity (Wildman–Crippen MR) is 116 cm³/mol. The van der Waals surface area contributed by atoms with Gasteiger partial charge >= 0.3 is 0 Å². The molecule has 2 amide bonds. The average Bonchev–Trinajstić information content (AvgIpc) is 3.17. The fourth-order valence-electron chi connectivity index (χ4n) is 3.13. The highest BCUT2D eigenvalue weighted by atomic mass is 16.3. The van der Waals surface area contributed by atoms with E-state index in [1.807, 2.05) is 37.4 Å². The summed E-state index contributed by atoms with van der Waals surface area (Å²) < 4.78 is 0. The van der Waals surface area contributed by atoms with E-state index in [0.29, 0.717) is 17.5 Å². The minimum absolute atomic E-state index is 0.302. The van der Waals surface area contributed by atoms with Gasteiger partial charge in [0.2, 0.25) is 5.91 Å². The van der Waals surface area contributed by atoms with Crippen LogP contribution in [0.3, 0.4) is 0 Å². The molecule has 1 heterocycles. The number of fused-ring (bicyclic) bond motifs is 1. The number of aromatic amines is 1. The lowest BCUT2D eigenvalue weighted by Gasteiger charge is -2.20. The van der Waals surface area contributed by atoms with Gasteiger partial charge in [0, 0.05) is 46.5 Å². The molecule has 0 radical (unpaired) electrons. The smallest absolute Gasteiger partial charge is 0.253 e. The molecule has 0 saturated carbocycles.